The van der Waals surface area contributed by atoms with Gasteiger partial charge in [0.05, 0.1) is 5.60 Å². The monoisotopic (exact) mass is 274 g/mol. The molecule has 1 N–H and O–H groups in total. The van der Waals surface area contributed by atoms with Crippen LogP contribution in [-0.4, -0.2) is 29.6 Å². The highest BCUT2D eigenvalue weighted by molar-refractivity contribution is 5.92. The molecule has 1 heterocycles. The number of rotatable bonds is 4. The van der Waals surface area contributed by atoms with Crippen LogP contribution in [0, 0.1) is 5.41 Å². The number of carbonyl (C=O) groups excluding carboxylic acids is 1. The van der Waals surface area contributed by atoms with Gasteiger partial charge in [0.1, 0.15) is 0 Å². The molecule has 0 spiro atoms. The van der Waals surface area contributed by atoms with E-state index in [2.05, 4.69) is 31.1 Å². The van der Waals surface area contributed by atoms with Gasteiger partial charge in [-0.05, 0) is 31.1 Å². The molecule has 0 bridgehead atoms. The Bertz CT molecular complexity index is 510. The molecule has 1 aliphatic rings. The number of hydrogen-bond acceptors (Lipinski definition) is 3. The van der Waals surface area contributed by atoms with Gasteiger partial charge in [-0.1, -0.05) is 19.9 Å². The van der Waals surface area contributed by atoms with Gasteiger partial charge in [-0.25, -0.2) is 0 Å². The van der Waals surface area contributed by atoms with Crippen molar-refractivity contribution in [2.24, 2.45) is 5.41 Å². The lowest BCUT2D eigenvalue weighted by molar-refractivity contribution is -0.181. The number of amides is 1. The molecule has 20 heavy (non-hydrogen) atoms. The van der Waals surface area contributed by atoms with Crippen molar-refractivity contribution in [1.29, 1.82) is 0 Å². The van der Waals surface area contributed by atoms with Gasteiger partial charge in [0.15, 0.2) is 0 Å². The van der Waals surface area contributed by atoms with Crippen molar-refractivity contribution in [3.8, 4) is 0 Å². The minimum atomic E-state index is -0.169. The number of methoxy groups -OCH3 is 1. The predicted octanol–water partition coefficient (Wildman–Crippen LogP) is 2.41. The van der Waals surface area contributed by atoms with Crippen molar-refractivity contribution in [2.45, 2.75) is 38.8 Å². The molecule has 0 aliphatic heterocycles. The SMILES string of the molecule is COC1(C)CC(NC(=O)/C=C/c2cccnc2)C1(C)C. The number of ether oxygens (including phenoxy) is 1. The van der Waals surface area contributed by atoms with E-state index in [-0.39, 0.29) is 23.0 Å². The molecule has 1 fully saturated rings. The molecule has 2 atom stereocenters. The first-order chi connectivity index (χ1) is 9.39. The summed E-state index contributed by atoms with van der Waals surface area (Å²) in [6.45, 7) is 6.33. The minimum Gasteiger partial charge on any atom is -0.378 e. The molecule has 4 nitrogen and oxygen atoms in total. The summed E-state index contributed by atoms with van der Waals surface area (Å²) >= 11 is 0. The van der Waals surface area contributed by atoms with Crippen molar-refractivity contribution in [2.75, 3.05) is 7.11 Å². The smallest absolute Gasteiger partial charge is 0.244 e. The molecule has 0 aromatic carbocycles. The predicted molar refractivity (Wildman–Crippen MR) is 79.0 cm³/mol. The first kappa shape index (κ1) is 14.7. The summed E-state index contributed by atoms with van der Waals surface area (Å²) in [4.78, 5) is 16.0. The Morgan fingerprint density at radius 2 is 2.25 bits per heavy atom. The fraction of sp³-hybridized carbons (Fsp3) is 0.500. The van der Waals surface area contributed by atoms with Crippen LogP contribution >= 0.6 is 0 Å². The van der Waals surface area contributed by atoms with Crippen LogP contribution in [0.1, 0.15) is 32.8 Å². The van der Waals surface area contributed by atoms with E-state index in [4.69, 9.17) is 4.74 Å². The van der Waals surface area contributed by atoms with E-state index < -0.39 is 0 Å². The van der Waals surface area contributed by atoms with E-state index in [1.807, 2.05) is 12.1 Å². The third-order valence-electron chi connectivity index (χ3n) is 4.71. The second-order valence-electron chi connectivity index (χ2n) is 6.04. The van der Waals surface area contributed by atoms with Gasteiger partial charge in [0, 0.05) is 37.0 Å². The van der Waals surface area contributed by atoms with Crippen molar-refractivity contribution in [1.82, 2.24) is 10.3 Å². The Labute approximate surface area is 120 Å². The average Bonchev–Trinajstić information content (AvgIpc) is 2.45. The second-order valence-corrected chi connectivity index (χ2v) is 6.04. The first-order valence-corrected chi connectivity index (χ1v) is 6.83. The number of carbonyl (C=O) groups is 1. The van der Waals surface area contributed by atoms with Crippen LogP contribution < -0.4 is 5.32 Å². The highest BCUT2D eigenvalue weighted by Gasteiger charge is 2.58. The van der Waals surface area contributed by atoms with Gasteiger partial charge in [0.2, 0.25) is 5.91 Å². The fourth-order valence-corrected chi connectivity index (χ4v) is 2.59. The van der Waals surface area contributed by atoms with E-state index in [0.717, 1.165) is 12.0 Å². The molecule has 2 rings (SSSR count). The maximum Gasteiger partial charge on any atom is 0.244 e. The van der Waals surface area contributed by atoms with Gasteiger partial charge in [-0.3, -0.25) is 9.78 Å². The molecule has 1 aromatic heterocycles. The van der Waals surface area contributed by atoms with E-state index >= 15 is 0 Å². The third-order valence-corrected chi connectivity index (χ3v) is 4.71. The summed E-state index contributed by atoms with van der Waals surface area (Å²) in [6, 6.07) is 3.89. The van der Waals surface area contributed by atoms with Crippen LogP contribution in [0.4, 0.5) is 0 Å². The molecule has 0 saturated heterocycles. The zero-order valence-electron chi connectivity index (χ0n) is 12.5. The lowest BCUT2D eigenvalue weighted by Gasteiger charge is -2.59. The summed E-state index contributed by atoms with van der Waals surface area (Å²) in [7, 11) is 1.72. The Hall–Kier alpha value is -1.68. The molecule has 1 saturated carbocycles. The van der Waals surface area contributed by atoms with Crippen molar-refractivity contribution < 1.29 is 9.53 Å². The highest BCUT2D eigenvalue weighted by Crippen LogP contribution is 2.51. The standard InChI is InChI=1S/C16H22N2O2/c1-15(2)13(10-16(15,3)20-4)18-14(19)8-7-12-6-5-9-17-11-12/h5-9,11,13H,10H2,1-4H3,(H,18,19)/b8-7+. The lowest BCUT2D eigenvalue weighted by atomic mass is 9.56. The molecule has 1 amide bonds. The van der Waals surface area contributed by atoms with Crippen molar-refractivity contribution >= 4 is 12.0 Å². The molecular weight excluding hydrogens is 252 g/mol. The number of nitrogens with one attached hydrogen (secondary N) is 1. The number of pyridine rings is 1. The molecule has 0 radical (unpaired) electrons. The van der Waals surface area contributed by atoms with Gasteiger partial charge >= 0.3 is 0 Å². The molecular formula is C16H22N2O2. The number of nitrogens with zero attached hydrogens (tertiary/aromatic N) is 1. The maximum absolute atomic E-state index is 11.9. The number of aromatic nitrogens is 1. The molecule has 4 heteroatoms. The van der Waals surface area contributed by atoms with Crippen LogP contribution in [0.3, 0.4) is 0 Å². The van der Waals surface area contributed by atoms with E-state index in [1.165, 1.54) is 0 Å². The largest absolute Gasteiger partial charge is 0.378 e. The zero-order chi connectivity index (χ0) is 14.8. The second kappa shape index (κ2) is 5.37. The van der Waals surface area contributed by atoms with E-state index in [1.54, 1.807) is 31.7 Å². The minimum absolute atomic E-state index is 0.0699. The summed E-state index contributed by atoms with van der Waals surface area (Å²) in [5.74, 6) is -0.0786. The van der Waals surface area contributed by atoms with Crippen LogP contribution in [0.25, 0.3) is 6.08 Å². The van der Waals surface area contributed by atoms with Gasteiger partial charge < -0.3 is 10.1 Å². The fourth-order valence-electron chi connectivity index (χ4n) is 2.59. The quantitative estimate of drug-likeness (QED) is 0.858. The summed E-state index contributed by atoms with van der Waals surface area (Å²) in [5.41, 5.74) is 0.676. The highest BCUT2D eigenvalue weighted by atomic mass is 16.5. The lowest BCUT2D eigenvalue weighted by Crippen LogP contribution is -2.68. The Balaban J connectivity index is 1.92. The van der Waals surface area contributed by atoms with Gasteiger partial charge in [0.25, 0.3) is 0 Å². The summed E-state index contributed by atoms with van der Waals surface area (Å²) in [6.07, 6.45) is 7.58. The maximum atomic E-state index is 11.9. The summed E-state index contributed by atoms with van der Waals surface area (Å²) < 4.78 is 5.55. The van der Waals surface area contributed by atoms with Gasteiger partial charge in [-0.15, -0.1) is 0 Å². The third kappa shape index (κ3) is 2.61. The molecule has 108 valence electrons. The first-order valence-electron chi connectivity index (χ1n) is 6.83. The molecule has 2 unspecified atom stereocenters. The summed E-state index contributed by atoms with van der Waals surface area (Å²) in [5, 5.41) is 3.04. The molecule has 1 aromatic rings. The van der Waals surface area contributed by atoms with Crippen LogP contribution in [0.5, 0.6) is 0 Å². The average molecular weight is 274 g/mol. The van der Waals surface area contributed by atoms with E-state index in [0.29, 0.717) is 0 Å². The normalized spacial score (nSPS) is 28.1. The topological polar surface area (TPSA) is 51.2 Å². The Morgan fingerprint density at radius 1 is 1.50 bits per heavy atom. The molecule has 1 aliphatic carbocycles. The van der Waals surface area contributed by atoms with Gasteiger partial charge in [-0.2, -0.15) is 0 Å². The Kier molecular flexibility index (Phi) is 3.95. The zero-order valence-corrected chi connectivity index (χ0v) is 12.5. The van der Waals surface area contributed by atoms with Crippen LogP contribution in [0.2, 0.25) is 0 Å². The van der Waals surface area contributed by atoms with Crippen molar-refractivity contribution in [3.63, 3.8) is 0 Å². The van der Waals surface area contributed by atoms with Crippen LogP contribution in [0.15, 0.2) is 30.6 Å². The van der Waals surface area contributed by atoms with Crippen LogP contribution in [-0.2, 0) is 9.53 Å². The number of hydrogen-bond donors (Lipinski definition) is 1. The van der Waals surface area contributed by atoms with Crippen molar-refractivity contribution in [3.05, 3.63) is 36.2 Å². The van der Waals surface area contributed by atoms with E-state index in [9.17, 15) is 4.79 Å². The Morgan fingerprint density at radius 3 is 2.80 bits per heavy atom.